The number of nitrogens with zero attached hydrogens (tertiary/aromatic N) is 1. The first-order chi connectivity index (χ1) is 17.5. The van der Waals surface area contributed by atoms with E-state index in [1.165, 1.54) is 10.5 Å². The lowest BCUT2D eigenvalue weighted by atomic mass is 9.69. The number of allylic oxidation sites excluding steroid dienone is 1. The summed E-state index contributed by atoms with van der Waals surface area (Å²) in [6.07, 6.45) is 6.09. The van der Waals surface area contributed by atoms with Gasteiger partial charge in [0.1, 0.15) is 5.75 Å². The number of aliphatic hydroxyl groups is 1. The molecule has 0 spiro atoms. The molecule has 3 aliphatic rings. The number of aromatic hydroxyl groups is 1. The molecule has 2 amide bonds. The van der Waals surface area contributed by atoms with Crippen LogP contribution in [0.2, 0.25) is 0 Å². The first kappa shape index (κ1) is 24.9. The SMILES string of the molecule is CCC/C(=C\c1ccc(O)cc1)CC[C@H]1OC[C@H]2C1=C(CO)C[C@H]1C(=O)N(Cc3cccs3)C(=O)[C@H]12. The molecule has 0 radical (unpaired) electrons. The highest BCUT2D eigenvalue weighted by Crippen LogP contribution is 2.50. The van der Waals surface area contributed by atoms with E-state index in [4.69, 9.17) is 4.74 Å². The maximum atomic E-state index is 13.4. The number of carbonyl (C=O) groups excluding carboxylic acids is 2. The van der Waals surface area contributed by atoms with Crippen LogP contribution in [0.5, 0.6) is 5.75 Å². The molecule has 0 saturated carbocycles. The smallest absolute Gasteiger partial charge is 0.234 e. The summed E-state index contributed by atoms with van der Waals surface area (Å²) in [5.41, 5.74) is 4.29. The average Bonchev–Trinajstić information content (AvgIpc) is 3.60. The standard InChI is InChI=1S/C29H33NO5S/c1-2-4-18(13-19-6-9-21(32)10-7-19)8-11-25-26-20(16-31)14-23-27(24(26)17-35-25)29(34)30(28(23)33)15-22-5-3-12-36-22/h3,5-7,9-10,12-13,23-25,27,31-32H,2,4,8,11,14-17H2,1H3/b18-13+/t23-,24+,25-,27-/m1/s1. The summed E-state index contributed by atoms with van der Waals surface area (Å²) in [4.78, 5) is 29.1. The van der Waals surface area contributed by atoms with Gasteiger partial charge in [-0.2, -0.15) is 0 Å². The van der Waals surface area contributed by atoms with Crippen molar-refractivity contribution in [3.63, 3.8) is 0 Å². The van der Waals surface area contributed by atoms with E-state index in [9.17, 15) is 19.8 Å². The zero-order valence-electron chi connectivity index (χ0n) is 20.6. The minimum absolute atomic E-state index is 0.0963. The third kappa shape index (κ3) is 4.80. The van der Waals surface area contributed by atoms with Crippen LogP contribution in [-0.4, -0.2) is 46.2 Å². The normalized spacial score (nSPS) is 26.1. The summed E-state index contributed by atoms with van der Waals surface area (Å²) in [6, 6.07) is 11.1. The van der Waals surface area contributed by atoms with Crippen molar-refractivity contribution in [2.45, 2.75) is 51.7 Å². The number of hydrogen-bond acceptors (Lipinski definition) is 6. The average molecular weight is 508 g/mol. The highest BCUT2D eigenvalue weighted by atomic mass is 32.1. The van der Waals surface area contributed by atoms with E-state index in [1.54, 1.807) is 23.5 Å². The van der Waals surface area contributed by atoms with Crippen LogP contribution < -0.4 is 0 Å². The van der Waals surface area contributed by atoms with E-state index in [0.717, 1.165) is 47.3 Å². The first-order valence-corrected chi connectivity index (χ1v) is 13.7. The van der Waals surface area contributed by atoms with Crippen molar-refractivity contribution < 1.29 is 24.5 Å². The van der Waals surface area contributed by atoms with Gasteiger partial charge >= 0.3 is 0 Å². The summed E-state index contributed by atoms with van der Waals surface area (Å²) in [6.45, 7) is 2.80. The highest BCUT2D eigenvalue weighted by molar-refractivity contribution is 7.09. The fourth-order valence-electron chi connectivity index (χ4n) is 6.11. The molecule has 4 atom stereocenters. The molecular formula is C29H33NO5S. The van der Waals surface area contributed by atoms with Crippen LogP contribution in [0.15, 0.2) is 58.5 Å². The lowest BCUT2D eigenvalue weighted by Crippen LogP contribution is -2.34. The van der Waals surface area contributed by atoms with Gasteiger partial charge in [-0.1, -0.05) is 43.2 Å². The number of phenols is 1. The van der Waals surface area contributed by atoms with Gasteiger partial charge in [0.15, 0.2) is 0 Å². The van der Waals surface area contributed by atoms with Crippen molar-refractivity contribution in [1.29, 1.82) is 0 Å². The van der Waals surface area contributed by atoms with Crippen molar-refractivity contribution in [2.75, 3.05) is 13.2 Å². The van der Waals surface area contributed by atoms with Crippen LogP contribution in [-0.2, 0) is 20.9 Å². The second-order valence-corrected chi connectivity index (χ2v) is 11.0. The molecular weight excluding hydrogens is 474 g/mol. The molecule has 1 aromatic heterocycles. The Morgan fingerprint density at radius 2 is 1.94 bits per heavy atom. The molecule has 0 unspecified atom stereocenters. The summed E-state index contributed by atoms with van der Waals surface area (Å²) in [5.74, 6) is -0.898. The van der Waals surface area contributed by atoms with Crippen molar-refractivity contribution >= 4 is 29.2 Å². The quantitative estimate of drug-likeness (QED) is 0.371. The van der Waals surface area contributed by atoms with Gasteiger partial charge in [-0.25, -0.2) is 0 Å². The Bertz CT molecular complexity index is 1170. The minimum atomic E-state index is -0.402. The van der Waals surface area contributed by atoms with E-state index in [1.807, 2.05) is 29.6 Å². The maximum absolute atomic E-state index is 13.4. The van der Waals surface area contributed by atoms with Crippen LogP contribution >= 0.6 is 11.3 Å². The third-order valence-corrected chi connectivity index (χ3v) is 8.61. The number of likely N-dealkylation sites (tertiary alicyclic amines) is 1. The van der Waals surface area contributed by atoms with Crippen LogP contribution in [0.25, 0.3) is 6.08 Å². The van der Waals surface area contributed by atoms with Crippen molar-refractivity contribution in [1.82, 2.24) is 4.90 Å². The Balaban J connectivity index is 1.33. The largest absolute Gasteiger partial charge is 0.508 e. The lowest BCUT2D eigenvalue weighted by molar-refractivity contribution is -0.140. The van der Waals surface area contributed by atoms with E-state index >= 15 is 0 Å². The number of hydrogen-bond donors (Lipinski definition) is 2. The van der Waals surface area contributed by atoms with E-state index < -0.39 is 11.8 Å². The Labute approximate surface area is 215 Å². The van der Waals surface area contributed by atoms with E-state index in [2.05, 4.69) is 13.0 Å². The minimum Gasteiger partial charge on any atom is -0.508 e. The van der Waals surface area contributed by atoms with Gasteiger partial charge in [0.25, 0.3) is 0 Å². The molecule has 5 rings (SSSR count). The number of carbonyl (C=O) groups is 2. The Kier molecular flexibility index (Phi) is 7.42. The first-order valence-electron chi connectivity index (χ1n) is 12.8. The van der Waals surface area contributed by atoms with Gasteiger partial charge in [-0.15, -0.1) is 11.3 Å². The van der Waals surface area contributed by atoms with Crippen molar-refractivity contribution in [3.05, 3.63) is 68.9 Å². The second kappa shape index (κ2) is 10.7. The number of ether oxygens (including phenoxy) is 1. The van der Waals surface area contributed by atoms with E-state index in [-0.39, 0.29) is 36.2 Å². The summed E-state index contributed by atoms with van der Waals surface area (Å²) >= 11 is 1.55. The number of aliphatic hydroxyl groups excluding tert-OH is 1. The Morgan fingerprint density at radius 3 is 2.64 bits per heavy atom. The Morgan fingerprint density at radius 1 is 1.14 bits per heavy atom. The molecule has 2 N–H and O–H groups in total. The van der Waals surface area contributed by atoms with Gasteiger partial charge < -0.3 is 14.9 Å². The number of phenolic OH excluding ortho intramolecular Hbond substituents is 1. The highest BCUT2D eigenvalue weighted by Gasteiger charge is 2.56. The predicted molar refractivity (Wildman–Crippen MR) is 139 cm³/mol. The number of imide groups is 1. The van der Waals surface area contributed by atoms with Crippen LogP contribution in [0, 0.1) is 17.8 Å². The third-order valence-electron chi connectivity index (χ3n) is 7.75. The van der Waals surface area contributed by atoms with Gasteiger partial charge in [0.05, 0.1) is 37.7 Å². The van der Waals surface area contributed by atoms with Crippen LogP contribution in [0.4, 0.5) is 0 Å². The topological polar surface area (TPSA) is 87.1 Å². The molecule has 1 aliphatic carbocycles. The van der Waals surface area contributed by atoms with Crippen LogP contribution in [0.3, 0.4) is 0 Å². The van der Waals surface area contributed by atoms with E-state index in [0.29, 0.717) is 19.6 Å². The van der Waals surface area contributed by atoms with Crippen LogP contribution in [0.1, 0.15) is 49.5 Å². The second-order valence-electron chi connectivity index (χ2n) is 10.0. The van der Waals surface area contributed by atoms with Gasteiger partial charge in [-0.3, -0.25) is 14.5 Å². The van der Waals surface area contributed by atoms with Gasteiger partial charge in [0, 0.05) is 10.8 Å². The van der Waals surface area contributed by atoms with Crippen molar-refractivity contribution in [2.24, 2.45) is 17.8 Å². The monoisotopic (exact) mass is 507 g/mol. The summed E-state index contributed by atoms with van der Waals surface area (Å²) < 4.78 is 6.25. The molecule has 2 saturated heterocycles. The Hall–Kier alpha value is -2.74. The summed E-state index contributed by atoms with van der Waals surface area (Å²) in [7, 11) is 0. The molecule has 190 valence electrons. The molecule has 2 fully saturated rings. The molecule has 3 heterocycles. The lowest BCUT2D eigenvalue weighted by Gasteiger charge is -2.31. The molecule has 6 nitrogen and oxygen atoms in total. The predicted octanol–water partition coefficient (Wildman–Crippen LogP) is 4.93. The molecule has 0 bridgehead atoms. The molecule has 2 aromatic rings. The number of fused-ring (bicyclic) bond motifs is 3. The number of benzene rings is 1. The molecule has 7 heteroatoms. The summed E-state index contributed by atoms with van der Waals surface area (Å²) in [5, 5.41) is 21.7. The van der Waals surface area contributed by atoms with Crippen molar-refractivity contribution in [3.8, 4) is 5.75 Å². The maximum Gasteiger partial charge on any atom is 0.234 e. The van der Waals surface area contributed by atoms with Gasteiger partial charge in [0.2, 0.25) is 11.8 Å². The number of rotatable bonds is 9. The number of amides is 2. The fraction of sp³-hybridized carbons (Fsp3) is 0.448. The molecule has 1 aromatic carbocycles. The van der Waals surface area contributed by atoms with Gasteiger partial charge in [-0.05, 0) is 66.0 Å². The molecule has 2 aliphatic heterocycles. The zero-order valence-corrected chi connectivity index (χ0v) is 21.4. The molecule has 36 heavy (non-hydrogen) atoms. The number of thiophene rings is 1. The fourth-order valence-corrected chi connectivity index (χ4v) is 6.80. The zero-order chi connectivity index (χ0) is 25.2.